The second kappa shape index (κ2) is 8.26. The third kappa shape index (κ3) is 2.48. The molecule has 10 heterocycles. The van der Waals surface area contributed by atoms with E-state index in [-0.39, 0.29) is 36.5 Å². The number of likely N-dealkylation sites (N-methyl/N-ethyl adjacent to an activating group) is 2. The number of carbonyl (C=O) groups is 4. The maximum atomic E-state index is 14.7. The number of amides is 4. The van der Waals surface area contributed by atoms with Crippen molar-refractivity contribution in [3.05, 3.63) is 59.7 Å². The number of hydrogen-bond donors (Lipinski definition) is 4. The van der Waals surface area contributed by atoms with E-state index in [9.17, 15) is 29.4 Å². The smallest absolute Gasteiger partial charge is 0.265 e. The van der Waals surface area contributed by atoms with Crippen LogP contribution in [0.15, 0.2) is 48.5 Å². The molecule has 4 bridgehead atoms. The van der Waals surface area contributed by atoms with Crippen LogP contribution in [0.3, 0.4) is 0 Å². The topological polar surface area (TPSA) is 146 Å². The van der Waals surface area contributed by atoms with Gasteiger partial charge in [-0.25, -0.2) is 0 Å². The number of fused-ring (bicyclic) bond motifs is 11. The van der Waals surface area contributed by atoms with Crippen molar-refractivity contribution in [2.75, 3.05) is 37.9 Å². The first-order valence-electron chi connectivity index (χ1n) is 15.0. The number of para-hydroxylation sites is 2. The van der Waals surface area contributed by atoms with Crippen LogP contribution in [0, 0.1) is 0 Å². The molecule has 4 amide bonds. The molecule has 12 nitrogen and oxygen atoms in total. The quantitative estimate of drug-likeness (QED) is 0.344. The van der Waals surface area contributed by atoms with E-state index >= 15 is 0 Å². The van der Waals surface area contributed by atoms with E-state index in [0.29, 0.717) is 0 Å². The summed E-state index contributed by atoms with van der Waals surface area (Å²) < 4.78 is 0. The lowest BCUT2D eigenvalue weighted by Gasteiger charge is -2.57. The fourth-order valence-electron chi connectivity index (χ4n) is 9.92. The van der Waals surface area contributed by atoms with Crippen molar-refractivity contribution in [1.82, 2.24) is 19.6 Å². The van der Waals surface area contributed by atoms with E-state index in [0.717, 1.165) is 22.5 Å². The number of aliphatic hydroxyl groups excluding tert-OH is 2. The van der Waals surface area contributed by atoms with Crippen molar-refractivity contribution in [1.29, 1.82) is 0 Å². The molecule has 238 valence electrons. The van der Waals surface area contributed by atoms with E-state index in [1.165, 1.54) is 53.0 Å². The maximum absolute atomic E-state index is 14.7. The second-order valence-electron chi connectivity index (χ2n) is 13.3. The van der Waals surface area contributed by atoms with Crippen molar-refractivity contribution in [3.63, 3.8) is 0 Å². The molecule has 10 aliphatic rings. The zero-order valence-electron chi connectivity index (χ0n) is 24.6. The number of aliphatic hydroxyl groups is 2. The normalized spacial score (nSPS) is 43.7. The summed E-state index contributed by atoms with van der Waals surface area (Å²) in [6.07, 6.45) is -1.01. The minimum Gasteiger partial charge on any atom is -0.392 e. The lowest BCUT2D eigenvalue weighted by Crippen LogP contribution is -2.77. The zero-order chi connectivity index (χ0) is 31.8. The molecule has 1 unspecified atom stereocenters. The van der Waals surface area contributed by atoms with Crippen molar-refractivity contribution in [3.8, 4) is 0 Å². The summed E-state index contributed by atoms with van der Waals surface area (Å²) in [5.41, 5.74) is 1.45. The van der Waals surface area contributed by atoms with Crippen molar-refractivity contribution >= 4 is 78.2 Å². The first-order chi connectivity index (χ1) is 22.1. The summed E-state index contributed by atoms with van der Waals surface area (Å²) >= 11 is 0. The van der Waals surface area contributed by atoms with Crippen LogP contribution in [0.2, 0.25) is 0 Å². The minimum atomic E-state index is -1.47. The van der Waals surface area contributed by atoms with Gasteiger partial charge in [-0.2, -0.15) is 0 Å². The van der Waals surface area contributed by atoms with Crippen molar-refractivity contribution < 1.29 is 29.4 Å². The lowest BCUT2D eigenvalue weighted by molar-refractivity contribution is -0.166. The highest BCUT2D eigenvalue weighted by Crippen LogP contribution is 2.78. The van der Waals surface area contributed by atoms with Crippen LogP contribution in [0.1, 0.15) is 24.0 Å². The Morgan fingerprint density at radius 1 is 0.652 bits per heavy atom. The highest BCUT2D eigenvalue weighted by molar-refractivity contribution is 8.78. The highest BCUT2D eigenvalue weighted by Gasteiger charge is 2.87. The van der Waals surface area contributed by atoms with Crippen LogP contribution < -0.4 is 10.6 Å². The summed E-state index contributed by atoms with van der Waals surface area (Å²) in [6, 6.07) is 15.8. The monoisotopic (exact) mass is 696 g/mol. The predicted molar refractivity (Wildman–Crippen MR) is 175 cm³/mol. The molecule has 0 aliphatic carbocycles. The van der Waals surface area contributed by atoms with Gasteiger partial charge in [0, 0.05) is 38.3 Å². The number of piperazine rings is 2. The van der Waals surface area contributed by atoms with E-state index < -0.39 is 55.9 Å². The van der Waals surface area contributed by atoms with Crippen LogP contribution in [-0.2, 0) is 30.0 Å². The molecule has 0 radical (unpaired) electrons. The number of carbonyl (C=O) groups excluding carboxylic acids is 4. The molecule has 8 fully saturated rings. The second-order valence-corrected chi connectivity index (χ2v) is 18.7. The fourth-order valence-corrected chi connectivity index (χ4v) is 17.2. The molecular formula is C30H28N6O6S4. The Kier molecular flexibility index (Phi) is 5.08. The minimum absolute atomic E-state index is 0.223. The van der Waals surface area contributed by atoms with E-state index in [4.69, 9.17) is 0 Å². The van der Waals surface area contributed by atoms with Crippen LogP contribution in [0.4, 0.5) is 11.4 Å². The summed E-state index contributed by atoms with van der Waals surface area (Å²) in [5, 5.41) is 28.6. The molecule has 8 saturated heterocycles. The van der Waals surface area contributed by atoms with Gasteiger partial charge in [-0.05, 0) is 44.8 Å². The standard InChI is InChI=1S/C30H28N6O6S4/c1-33-21(39)27-11-25(15-7-3-5-9-17(15)31-19(25)35(27)23(41)29(33,13-37)45-43-27)26-12-28-22(40)34(2)30(14-38,46-44-28)24(42)36(28)20(26)32-18-10-6-4-8-16(18)26/h3-10,19-20,31-32,37-38H,11-14H2,1-2H3/t19-,20?,25+,26+,27+,28+,29+,30+/m1/s1. The maximum Gasteiger partial charge on any atom is 0.265 e. The van der Waals surface area contributed by atoms with Gasteiger partial charge in [-0.3, -0.25) is 29.0 Å². The molecule has 0 saturated carbocycles. The van der Waals surface area contributed by atoms with Gasteiger partial charge >= 0.3 is 0 Å². The molecule has 2 aromatic rings. The molecule has 46 heavy (non-hydrogen) atoms. The Balaban J connectivity index is 1.29. The van der Waals surface area contributed by atoms with E-state index in [1.807, 2.05) is 48.5 Å². The molecule has 10 aliphatic heterocycles. The first kappa shape index (κ1) is 28.3. The molecule has 12 rings (SSSR count). The van der Waals surface area contributed by atoms with Gasteiger partial charge in [0.2, 0.25) is 9.74 Å². The summed E-state index contributed by atoms with van der Waals surface area (Å²) in [4.78, 5) is 59.0. The third-order valence-electron chi connectivity index (χ3n) is 12.0. The number of hydrogen-bond acceptors (Lipinski definition) is 12. The molecule has 16 heteroatoms. The van der Waals surface area contributed by atoms with Gasteiger partial charge in [0.05, 0.1) is 24.0 Å². The number of nitrogens with zero attached hydrogens (tertiary/aromatic N) is 4. The molecule has 0 aromatic heterocycles. The Morgan fingerprint density at radius 2 is 1.04 bits per heavy atom. The lowest BCUT2D eigenvalue weighted by atomic mass is 9.54. The van der Waals surface area contributed by atoms with Gasteiger partial charge in [0.25, 0.3) is 23.6 Å². The Labute approximate surface area is 279 Å². The number of nitrogens with one attached hydrogen (secondary N) is 2. The molecular weight excluding hydrogens is 669 g/mol. The third-order valence-corrected chi connectivity index (χ3v) is 19.3. The largest absolute Gasteiger partial charge is 0.392 e. The zero-order valence-corrected chi connectivity index (χ0v) is 27.8. The van der Waals surface area contributed by atoms with Crippen LogP contribution >= 0.6 is 43.2 Å². The molecule has 2 aromatic carbocycles. The van der Waals surface area contributed by atoms with E-state index in [2.05, 4.69) is 10.6 Å². The fraction of sp³-hybridized carbons (Fsp3) is 0.467. The van der Waals surface area contributed by atoms with E-state index in [1.54, 1.807) is 23.9 Å². The number of anilines is 2. The summed E-state index contributed by atoms with van der Waals surface area (Å²) in [6.45, 7) is -1.07. The predicted octanol–water partition coefficient (Wildman–Crippen LogP) is 1.33. The van der Waals surface area contributed by atoms with Crippen molar-refractivity contribution in [2.45, 2.75) is 55.5 Å². The highest BCUT2D eigenvalue weighted by atomic mass is 33.1. The van der Waals surface area contributed by atoms with Gasteiger partial charge < -0.3 is 30.6 Å². The number of rotatable bonds is 3. The summed E-state index contributed by atoms with van der Waals surface area (Å²) in [7, 11) is 8.28. The van der Waals surface area contributed by atoms with Crippen LogP contribution in [0.5, 0.6) is 0 Å². The van der Waals surface area contributed by atoms with Gasteiger partial charge in [0.15, 0.2) is 9.74 Å². The van der Waals surface area contributed by atoms with Gasteiger partial charge in [-0.1, -0.05) is 58.0 Å². The van der Waals surface area contributed by atoms with Crippen LogP contribution in [-0.4, -0.2) is 113 Å². The Morgan fingerprint density at radius 3 is 1.43 bits per heavy atom. The SMILES string of the molecule is CN1C(=O)[C@@]23C[C@]4([C@]56C[C@@]78SS[C@@](CO)(C(=O)N7[C@H]5Nc5ccccc56)N(C)C8=O)c5ccccc5NC4N2C(=O)[C@]1(CO)SS3. The van der Waals surface area contributed by atoms with Crippen LogP contribution in [0.25, 0.3) is 0 Å². The van der Waals surface area contributed by atoms with Crippen molar-refractivity contribution in [2.24, 2.45) is 0 Å². The molecule has 4 N–H and O–H groups in total. The molecule has 8 atom stereocenters. The summed E-state index contributed by atoms with van der Waals surface area (Å²) in [5.74, 6) is -1.19. The molecule has 2 spiro atoms. The Bertz CT molecular complexity index is 1740. The average molecular weight is 697 g/mol. The van der Waals surface area contributed by atoms with Gasteiger partial charge in [0.1, 0.15) is 12.3 Å². The average Bonchev–Trinajstić information content (AvgIpc) is 3.75. The first-order valence-corrected chi connectivity index (χ1v) is 19.3. The number of benzene rings is 2. The Hall–Kier alpha value is -2.76. The van der Waals surface area contributed by atoms with Gasteiger partial charge in [-0.15, -0.1) is 0 Å².